The summed E-state index contributed by atoms with van der Waals surface area (Å²) in [6, 6.07) is 49.2. The maximum absolute atomic E-state index is 6.29. The molecule has 0 saturated heterocycles. The van der Waals surface area contributed by atoms with Crippen molar-refractivity contribution in [1.82, 2.24) is 15.0 Å². The van der Waals surface area contributed by atoms with E-state index >= 15 is 0 Å². The molecule has 7 aromatic carbocycles. The van der Waals surface area contributed by atoms with Gasteiger partial charge in [-0.15, -0.1) is 0 Å². The number of aromatic nitrogens is 3. The zero-order valence-corrected chi connectivity index (χ0v) is 29.0. The molecule has 0 aliphatic heterocycles. The van der Waals surface area contributed by atoms with Gasteiger partial charge in [0.25, 0.3) is 0 Å². The van der Waals surface area contributed by atoms with Crippen LogP contribution in [0, 0.1) is 0 Å². The Kier molecular flexibility index (Phi) is 6.23. The highest BCUT2D eigenvalue weighted by Crippen LogP contribution is 2.56. The van der Waals surface area contributed by atoms with Crippen molar-refractivity contribution in [1.29, 1.82) is 0 Å². The molecule has 51 heavy (non-hydrogen) atoms. The fourth-order valence-corrected chi connectivity index (χ4v) is 8.30. The Morgan fingerprint density at radius 2 is 1.06 bits per heavy atom. The number of benzene rings is 7. The van der Waals surface area contributed by atoms with E-state index in [1.54, 1.807) is 0 Å². The monoisotopic (exact) mass is 657 g/mol. The molecule has 0 atom stereocenters. The molecule has 0 amide bonds. The first kappa shape index (κ1) is 29.8. The second-order valence-corrected chi connectivity index (χ2v) is 14.8. The lowest BCUT2D eigenvalue weighted by atomic mass is 9.55. The summed E-state index contributed by atoms with van der Waals surface area (Å²) in [5.41, 5.74) is 9.63. The van der Waals surface area contributed by atoms with E-state index in [0.717, 1.165) is 49.4 Å². The van der Waals surface area contributed by atoms with E-state index < -0.39 is 0 Å². The van der Waals surface area contributed by atoms with Crippen LogP contribution in [-0.4, -0.2) is 15.0 Å². The molecule has 4 nitrogen and oxygen atoms in total. The molecule has 1 aliphatic rings. The van der Waals surface area contributed by atoms with E-state index in [1.165, 1.54) is 33.0 Å². The van der Waals surface area contributed by atoms with Gasteiger partial charge in [0.2, 0.25) is 0 Å². The van der Waals surface area contributed by atoms with Gasteiger partial charge in [-0.3, -0.25) is 0 Å². The van der Waals surface area contributed by atoms with Crippen LogP contribution in [0.4, 0.5) is 0 Å². The van der Waals surface area contributed by atoms with E-state index in [2.05, 4.69) is 131 Å². The van der Waals surface area contributed by atoms with Crippen molar-refractivity contribution in [2.75, 3.05) is 0 Å². The van der Waals surface area contributed by atoms with E-state index in [-0.39, 0.29) is 10.8 Å². The fourth-order valence-electron chi connectivity index (χ4n) is 8.30. The van der Waals surface area contributed by atoms with Crippen LogP contribution in [0.15, 0.2) is 144 Å². The van der Waals surface area contributed by atoms with E-state index in [9.17, 15) is 0 Å². The van der Waals surface area contributed by atoms with Gasteiger partial charge < -0.3 is 4.42 Å². The van der Waals surface area contributed by atoms with Crippen molar-refractivity contribution in [3.8, 4) is 45.3 Å². The second-order valence-electron chi connectivity index (χ2n) is 14.8. The van der Waals surface area contributed by atoms with Crippen molar-refractivity contribution in [3.63, 3.8) is 0 Å². The number of fused-ring (bicyclic) bond motifs is 10. The molecule has 0 N–H and O–H groups in total. The molecule has 9 aromatic rings. The normalized spacial score (nSPS) is 14.6. The van der Waals surface area contributed by atoms with Crippen LogP contribution in [0.25, 0.3) is 88.8 Å². The summed E-state index contributed by atoms with van der Waals surface area (Å²) in [5.74, 6) is 1.88. The first-order chi connectivity index (χ1) is 24.8. The second kappa shape index (κ2) is 10.7. The van der Waals surface area contributed by atoms with Gasteiger partial charge >= 0.3 is 0 Å². The molecule has 0 spiro atoms. The van der Waals surface area contributed by atoms with Gasteiger partial charge in [0, 0.05) is 27.5 Å². The molecule has 0 unspecified atom stereocenters. The van der Waals surface area contributed by atoms with Crippen molar-refractivity contribution in [2.24, 2.45) is 0 Å². The number of furan rings is 1. The third kappa shape index (κ3) is 4.29. The first-order valence-corrected chi connectivity index (χ1v) is 17.6. The predicted octanol–water partition coefficient (Wildman–Crippen LogP) is 12.3. The van der Waals surface area contributed by atoms with Gasteiger partial charge in [0.15, 0.2) is 17.5 Å². The minimum atomic E-state index is -0.113. The lowest BCUT2D eigenvalue weighted by Crippen LogP contribution is -2.43. The highest BCUT2D eigenvalue weighted by molar-refractivity contribution is 6.20. The van der Waals surface area contributed by atoms with Crippen LogP contribution in [0.2, 0.25) is 0 Å². The summed E-state index contributed by atoms with van der Waals surface area (Å²) in [6.45, 7) is 9.55. The van der Waals surface area contributed by atoms with Crippen LogP contribution < -0.4 is 0 Å². The SMILES string of the molecule is CC1(C)c2ccccc2-c2c(ccc3c(-c4nc(-c5ccccc5)nc(-c5ccc6c(c5)oc5ccccc56)n4)cc4ccccc4c23)C1(C)C. The fraction of sp³-hybridized carbons (Fsp3) is 0.128. The largest absolute Gasteiger partial charge is 0.456 e. The van der Waals surface area contributed by atoms with Crippen molar-refractivity contribution in [2.45, 2.75) is 38.5 Å². The zero-order valence-electron chi connectivity index (χ0n) is 29.0. The van der Waals surface area contributed by atoms with E-state index in [0.29, 0.717) is 17.5 Å². The molecule has 1 aliphatic carbocycles. The lowest BCUT2D eigenvalue weighted by Gasteiger charge is -2.48. The summed E-state index contributed by atoms with van der Waals surface area (Å²) in [7, 11) is 0. The maximum atomic E-state index is 6.29. The number of para-hydroxylation sites is 1. The van der Waals surface area contributed by atoms with Crippen molar-refractivity contribution < 1.29 is 4.42 Å². The maximum Gasteiger partial charge on any atom is 0.164 e. The van der Waals surface area contributed by atoms with Gasteiger partial charge in [-0.05, 0) is 78.9 Å². The number of nitrogens with zero attached hydrogens (tertiary/aromatic N) is 3. The third-order valence-electron chi connectivity index (χ3n) is 11.7. The molecular formula is C47H35N3O. The van der Waals surface area contributed by atoms with Gasteiger partial charge in [-0.2, -0.15) is 0 Å². The summed E-state index contributed by atoms with van der Waals surface area (Å²) in [6.07, 6.45) is 0. The third-order valence-corrected chi connectivity index (χ3v) is 11.7. The Morgan fingerprint density at radius 1 is 0.431 bits per heavy atom. The average molecular weight is 658 g/mol. The molecule has 4 heteroatoms. The predicted molar refractivity (Wildman–Crippen MR) is 210 cm³/mol. The molecule has 2 heterocycles. The highest BCUT2D eigenvalue weighted by atomic mass is 16.3. The van der Waals surface area contributed by atoms with Crippen molar-refractivity contribution in [3.05, 3.63) is 151 Å². The molecule has 0 bridgehead atoms. The molecular weight excluding hydrogens is 623 g/mol. The summed E-state index contributed by atoms with van der Waals surface area (Å²) in [5, 5.41) is 6.92. The zero-order chi connectivity index (χ0) is 34.5. The van der Waals surface area contributed by atoms with E-state index in [1.807, 2.05) is 36.4 Å². The minimum Gasteiger partial charge on any atom is -0.456 e. The molecule has 0 fully saturated rings. The number of rotatable bonds is 3. The molecule has 10 rings (SSSR count). The number of hydrogen-bond donors (Lipinski definition) is 0. The summed E-state index contributed by atoms with van der Waals surface area (Å²) in [4.78, 5) is 15.6. The van der Waals surface area contributed by atoms with Crippen LogP contribution in [0.5, 0.6) is 0 Å². The van der Waals surface area contributed by atoms with Gasteiger partial charge in [-0.25, -0.2) is 15.0 Å². The topological polar surface area (TPSA) is 51.8 Å². The Hall–Kier alpha value is -6.13. The highest BCUT2D eigenvalue weighted by Gasteiger charge is 2.46. The molecule has 244 valence electrons. The Bertz CT molecular complexity index is 2860. The summed E-state index contributed by atoms with van der Waals surface area (Å²) < 4.78 is 6.29. The lowest BCUT2D eigenvalue weighted by molar-refractivity contribution is 0.299. The van der Waals surface area contributed by atoms with Crippen LogP contribution >= 0.6 is 0 Å². The van der Waals surface area contributed by atoms with E-state index in [4.69, 9.17) is 19.4 Å². The average Bonchev–Trinajstić information content (AvgIpc) is 3.55. The first-order valence-electron chi connectivity index (χ1n) is 17.6. The Morgan fingerprint density at radius 3 is 1.90 bits per heavy atom. The quantitative estimate of drug-likeness (QED) is 0.177. The number of hydrogen-bond acceptors (Lipinski definition) is 4. The van der Waals surface area contributed by atoms with Crippen LogP contribution in [0.1, 0.15) is 38.8 Å². The van der Waals surface area contributed by atoms with Crippen LogP contribution in [-0.2, 0) is 10.8 Å². The molecule has 0 radical (unpaired) electrons. The van der Waals surface area contributed by atoms with Gasteiger partial charge in [0.05, 0.1) is 0 Å². The smallest absolute Gasteiger partial charge is 0.164 e. The standard InChI is InChI=1S/C47H35N3O/c1-46(2)37-20-12-10-19-35(37)42-38(47(46,3)4)25-24-34-36(26-29-16-8-9-17-31(29)41(34)42)45-49-43(28-14-6-5-7-15-28)48-44(50-45)30-22-23-33-32-18-11-13-21-39(32)51-40(33)27-30/h5-27H,1-4H3. The van der Waals surface area contributed by atoms with Crippen LogP contribution in [0.3, 0.4) is 0 Å². The Balaban J connectivity index is 1.28. The molecule has 2 aromatic heterocycles. The van der Waals surface area contributed by atoms with Crippen molar-refractivity contribution >= 4 is 43.5 Å². The minimum absolute atomic E-state index is 0.0632. The molecule has 0 saturated carbocycles. The van der Waals surface area contributed by atoms with Gasteiger partial charge in [0.1, 0.15) is 11.2 Å². The van der Waals surface area contributed by atoms with Gasteiger partial charge in [-0.1, -0.05) is 143 Å². The Labute approximate surface area is 296 Å². The summed E-state index contributed by atoms with van der Waals surface area (Å²) >= 11 is 0.